The summed E-state index contributed by atoms with van der Waals surface area (Å²) < 4.78 is 59.9. The smallest absolute Gasteiger partial charge is 0.325 e. The molecule has 2 aromatic rings. The van der Waals surface area contributed by atoms with Crippen LogP contribution in [0.3, 0.4) is 0 Å². The van der Waals surface area contributed by atoms with Crippen LogP contribution in [-0.2, 0) is 21.0 Å². The molecule has 0 spiro atoms. The maximum atomic E-state index is 12.5. The number of benzene rings is 1. The first-order valence-electron chi connectivity index (χ1n) is 6.51. The average Bonchev–Trinajstić information content (AvgIpc) is 2.52. The number of amides is 1. The minimum atomic E-state index is -4.59. The molecule has 0 saturated heterocycles. The van der Waals surface area contributed by atoms with Gasteiger partial charge >= 0.3 is 6.18 Å². The van der Waals surface area contributed by atoms with Crippen LogP contribution < -0.4 is 10.5 Å². The van der Waals surface area contributed by atoms with Gasteiger partial charge in [0.05, 0.1) is 10.6 Å². The van der Waals surface area contributed by atoms with Gasteiger partial charge in [-0.2, -0.15) is 13.2 Å². The molecule has 25 heavy (non-hydrogen) atoms. The van der Waals surface area contributed by atoms with E-state index in [0.717, 1.165) is 24.0 Å². The minimum Gasteiger partial charge on any atom is -0.325 e. The van der Waals surface area contributed by atoms with Crippen molar-refractivity contribution in [3.05, 3.63) is 42.2 Å². The van der Waals surface area contributed by atoms with E-state index in [1.807, 2.05) is 0 Å². The normalized spacial score (nSPS) is 12.0. The Balaban J connectivity index is 1.95. The van der Waals surface area contributed by atoms with Gasteiger partial charge in [-0.15, -0.1) is 0 Å². The van der Waals surface area contributed by atoms with E-state index in [4.69, 9.17) is 5.14 Å². The van der Waals surface area contributed by atoms with Gasteiger partial charge in [0.2, 0.25) is 15.9 Å². The molecule has 3 N–H and O–H groups in total. The molecule has 0 aliphatic carbocycles. The Kier molecular flexibility index (Phi) is 5.65. The summed E-state index contributed by atoms with van der Waals surface area (Å²) in [6.45, 7) is 0. The van der Waals surface area contributed by atoms with Crippen LogP contribution in [0, 0.1) is 0 Å². The zero-order valence-electron chi connectivity index (χ0n) is 12.3. The number of alkyl halides is 3. The summed E-state index contributed by atoms with van der Waals surface area (Å²) in [6.07, 6.45) is -3.63. The van der Waals surface area contributed by atoms with Crippen molar-refractivity contribution in [3.8, 4) is 0 Å². The van der Waals surface area contributed by atoms with Gasteiger partial charge < -0.3 is 5.32 Å². The highest BCUT2D eigenvalue weighted by Gasteiger charge is 2.32. The van der Waals surface area contributed by atoms with Crippen LogP contribution in [0.5, 0.6) is 0 Å². The Morgan fingerprint density at radius 2 is 1.84 bits per heavy atom. The van der Waals surface area contributed by atoms with Crippen molar-refractivity contribution in [1.82, 2.24) is 9.97 Å². The first kappa shape index (κ1) is 19.1. The molecule has 12 heteroatoms. The van der Waals surface area contributed by atoms with Crippen molar-refractivity contribution in [2.45, 2.75) is 16.2 Å². The van der Waals surface area contributed by atoms with Crippen molar-refractivity contribution >= 4 is 33.4 Å². The number of carbonyl (C=O) groups is 1. The number of sulfonamides is 1. The van der Waals surface area contributed by atoms with Crippen LogP contribution in [0.15, 0.2) is 46.6 Å². The molecule has 0 saturated carbocycles. The number of carbonyl (C=O) groups excluding carboxylic acids is 1. The van der Waals surface area contributed by atoms with Gasteiger partial charge in [0.1, 0.15) is 5.69 Å². The number of nitrogens with zero attached hydrogens (tertiary/aromatic N) is 2. The second kappa shape index (κ2) is 7.37. The number of anilines is 1. The maximum absolute atomic E-state index is 12.5. The molecule has 0 aliphatic heterocycles. The van der Waals surface area contributed by atoms with Crippen LogP contribution in [0.2, 0.25) is 0 Å². The van der Waals surface area contributed by atoms with Gasteiger partial charge in [0.25, 0.3) is 0 Å². The molecule has 1 heterocycles. The first-order valence-corrected chi connectivity index (χ1v) is 9.04. The lowest BCUT2D eigenvalue weighted by Crippen LogP contribution is -2.15. The van der Waals surface area contributed by atoms with Crippen molar-refractivity contribution in [2.75, 3.05) is 11.1 Å². The third kappa shape index (κ3) is 5.69. The van der Waals surface area contributed by atoms with Crippen molar-refractivity contribution in [3.63, 3.8) is 0 Å². The molecule has 1 aromatic carbocycles. The fraction of sp³-hybridized carbons (Fsp3) is 0.154. The first-order chi connectivity index (χ1) is 11.6. The van der Waals surface area contributed by atoms with Gasteiger partial charge in [-0.3, -0.25) is 4.79 Å². The zero-order chi connectivity index (χ0) is 18.7. The van der Waals surface area contributed by atoms with Crippen LogP contribution in [-0.4, -0.2) is 30.0 Å². The van der Waals surface area contributed by atoms with E-state index in [-0.39, 0.29) is 15.8 Å². The quantitative estimate of drug-likeness (QED) is 0.593. The van der Waals surface area contributed by atoms with Gasteiger partial charge in [-0.1, -0.05) is 11.8 Å². The van der Waals surface area contributed by atoms with E-state index in [9.17, 15) is 26.4 Å². The number of rotatable bonds is 5. The van der Waals surface area contributed by atoms with E-state index in [2.05, 4.69) is 15.3 Å². The number of nitrogens with two attached hydrogens (primary N) is 1. The summed E-state index contributed by atoms with van der Waals surface area (Å²) in [4.78, 5) is 18.7. The van der Waals surface area contributed by atoms with Crippen molar-refractivity contribution in [1.29, 1.82) is 0 Å². The molecule has 0 unspecified atom stereocenters. The predicted molar refractivity (Wildman–Crippen MR) is 84.2 cm³/mol. The maximum Gasteiger partial charge on any atom is 0.433 e. The van der Waals surface area contributed by atoms with Crippen molar-refractivity contribution in [2.24, 2.45) is 5.14 Å². The van der Waals surface area contributed by atoms with Crippen molar-refractivity contribution < 1.29 is 26.4 Å². The van der Waals surface area contributed by atoms with Crippen LogP contribution >= 0.6 is 11.8 Å². The Hall–Kier alpha value is -2.18. The van der Waals surface area contributed by atoms with Gasteiger partial charge in [0.15, 0.2) is 5.16 Å². The molecule has 2 rings (SSSR count). The Morgan fingerprint density at radius 3 is 2.40 bits per heavy atom. The monoisotopic (exact) mass is 392 g/mol. The number of aromatic nitrogens is 2. The Bertz CT molecular complexity index is 871. The Morgan fingerprint density at radius 1 is 1.20 bits per heavy atom. The van der Waals surface area contributed by atoms with Crippen LogP contribution in [0.1, 0.15) is 5.69 Å². The second-order valence-corrected chi connectivity index (χ2v) is 7.13. The summed E-state index contributed by atoms with van der Waals surface area (Å²) in [5.41, 5.74) is -0.785. The molecule has 1 amide bonds. The van der Waals surface area contributed by atoms with E-state index in [1.165, 1.54) is 24.3 Å². The predicted octanol–water partition coefficient (Wildman–Crippen LogP) is 1.87. The number of thioether (sulfide) groups is 1. The SMILES string of the molecule is NS(=O)(=O)c1ccc(NC(=O)CSc2nccc(C(F)(F)F)n2)cc1. The molecule has 0 fully saturated rings. The highest BCUT2D eigenvalue weighted by molar-refractivity contribution is 7.99. The largest absolute Gasteiger partial charge is 0.433 e. The molecule has 134 valence electrons. The lowest BCUT2D eigenvalue weighted by Gasteiger charge is -2.07. The van der Waals surface area contributed by atoms with E-state index >= 15 is 0 Å². The van der Waals surface area contributed by atoms with Gasteiger partial charge in [-0.25, -0.2) is 23.5 Å². The third-order valence-corrected chi connectivity index (χ3v) is 4.51. The summed E-state index contributed by atoms with van der Waals surface area (Å²) in [5.74, 6) is -0.743. The van der Waals surface area contributed by atoms with E-state index in [1.54, 1.807) is 0 Å². The van der Waals surface area contributed by atoms with Gasteiger partial charge in [-0.05, 0) is 30.3 Å². The van der Waals surface area contributed by atoms with E-state index < -0.39 is 27.8 Å². The third-order valence-electron chi connectivity index (χ3n) is 2.72. The highest BCUT2D eigenvalue weighted by atomic mass is 32.2. The molecular weight excluding hydrogens is 381 g/mol. The summed E-state index contributed by atoms with van der Waals surface area (Å²) in [6, 6.07) is 5.84. The standard InChI is InChI=1S/C13H11F3N4O3S2/c14-13(15,16)10-5-6-18-12(20-10)24-7-11(21)19-8-1-3-9(4-2-8)25(17,22)23/h1-6H,7H2,(H,19,21)(H2,17,22,23). The molecule has 1 aromatic heterocycles. The molecule has 0 aliphatic rings. The fourth-order valence-electron chi connectivity index (χ4n) is 1.62. The lowest BCUT2D eigenvalue weighted by molar-refractivity contribution is -0.141. The van der Waals surface area contributed by atoms with Crippen LogP contribution in [0.25, 0.3) is 0 Å². The highest BCUT2D eigenvalue weighted by Crippen LogP contribution is 2.28. The minimum absolute atomic E-state index is 0.114. The number of hydrogen-bond donors (Lipinski definition) is 2. The molecular formula is C13H11F3N4O3S2. The topological polar surface area (TPSA) is 115 Å². The number of halogens is 3. The van der Waals surface area contributed by atoms with E-state index in [0.29, 0.717) is 5.69 Å². The molecule has 0 bridgehead atoms. The Labute approximate surface area is 144 Å². The second-order valence-electron chi connectivity index (χ2n) is 4.63. The van der Waals surface area contributed by atoms with Crippen LogP contribution in [0.4, 0.5) is 18.9 Å². The number of primary sulfonamides is 1. The average molecular weight is 392 g/mol. The van der Waals surface area contributed by atoms with Gasteiger partial charge in [0, 0.05) is 11.9 Å². The summed E-state index contributed by atoms with van der Waals surface area (Å²) >= 11 is 0.735. The summed E-state index contributed by atoms with van der Waals surface area (Å²) in [5, 5.41) is 7.23. The number of nitrogens with one attached hydrogen (secondary N) is 1. The summed E-state index contributed by atoms with van der Waals surface area (Å²) in [7, 11) is -3.84. The fourth-order valence-corrected chi connectivity index (χ4v) is 2.77. The zero-order valence-corrected chi connectivity index (χ0v) is 14.0. The lowest BCUT2D eigenvalue weighted by atomic mass is 10.3. The molecule has 0 atom stereocenters. The molecule has 7 nitrogen and oxygen atoms in total. The number of hydrogen-bond acceptors (Lipinski definition) is 6. The molecule has 0 radical (unpaired) electrons.